The molecule has 10 aromatic carbocycles. The topological polar surface area (TPSA) is 21.3 Å². The minimum absolute atomic E-state index is 0.860. The molecule has 0 amide bonds. The Hall–Kier alpha value is -7.92. The van der Waals surface area contributed by atoms with Crippen molar-refractivity contribution < 1.29 is 4.42 Å². The average Bonchev–Trinajstić information content (AvgIpc) is 4.02. The summed E-state index contributed by atoms with van der Waals surface area (Å²) in [5.74, 6) is 0. The van der Waals surface area contributed by atoms with Crippen LogP contribution in [0.5, 0.6) is 0 Å². The molecule has 290 valence electrons. The van der Waals surface area contributed by atoms with Crippen molar-refractivity contribution in [2.45, 2.75) is 0 Å². The van der Waals surface area contributed by atoms with Gasteiger partial charge in [0, 0.05) is 58.5 Å². The van der Waals surface area contributed by atoms with E-state index in [4.69, 9.17) is 4.42 Å². The Morgan fingerprint density at radius 2 is 1.00 bits per heavy atom. The first-order chi connectivity index (χ1) is 30.8. The van der Waals surface area contributed by atoms with Gasteiger partial charge in [0.15, 0.2) is 0 Å². The molecule has 0 bridgehead atoms. The summed E-state index contributed by atoms with van der Waals surface area (Å²) in [4.78, 5) is 2.44. The van der Waals surface area contributed by atoms with Crippen molar-refractivity contribution in [3.05, 3.63) is 218 Å². The van der Waals surface area contributed by atoms with E-state index in [1.54, 1.807) is 0 Å². The van der Waals surface area contributed by atoms with Crippen molar-refractivity contribution in [2.75, 3.05) is 4.90 Å². The molecule has 13 aromatic rings. The second kappa shape index (κ2) is 13.8. The number of hydrogen-bond acceptors (Lipinski definition) is 3. The quantitative estimate of drug-likeness (QED) is 0.167. The zero-order valence-corrected chi connectivity index (χ0v) is 34.3. The van der Waals surface area contributed by atoms with Crippen LogP contribution in [0, 0.1) is 0 Å². The molecular formula is C58H36N2OS. The van der Waals surface area contributed by atoms with Gasteiger partial charge in [-0.1, -0.05) is 152 Å². The van der Waals surface area contributed by atoms with E-state index in [-0.39, 0.29) is 0 Å². The Labute approximate surface area is 361 Å². The zero-order valence-electron chi connectivity index (χ0n) is 33.5. The fraction of sp³-hybridized carbons (Fsp3) is 0. The van der Waals surface area contributed by atoms with E-state index in [2.05, 4.69) is 228 Å². The summed E-state index contributed by atoms with van der Waals surface area (Å²) in [6.07, 6.45) is 0. The summed E-state index contributed by atoms with van der Waals surface area (Å²) in [7, 11) is 0. The van der Waals surface area contributed by atoms with Gasteiger partial charge in [-0.3, -0.25) is 0 Å². The smallest absolute Gasteiger partial charge is 0.143 e. The molecule has 0 saturated carbocycles. The van der Waals surface area contributed by atoms with Crippen molar-refractivity contribution in [2.24, 2.45) is 0 Å². The third-order valence-corrected chi connectivity index (χ3v) is 13.7. The maximum atomic E-state index is 6.80. The van der Waals surface area contributed by atoms with Crippen LogP contribution in [0.15, 0.2) is 223 Å². The predicted molar refractivity (Wildman–Crippen MR) is 264 cm³/mol. The van der Waals surface area contributed by atoms with Crippen LogP contribution in [-0.4, -0.2) is 4.57 Å². The fourth-order valence-corrected chi connectivity index (χ4v) is 11.0. The Balaban J connectivity index is 1.04. The Morgan fingerprint density at radius 3 is 1.82 bits per heavy atom. The van der Waals surface area contributed by atoms with E-state index < -0.39 is 0 Å². The van der Waals surface area contributed by atoms with Gasteiger partial charge in [0.2, 0.25) is 0 Å². The summed E-state index contributed by atoms with van der Waals surface area (Å²) in [6, 6.07) is 79.2. The molecule has 13 rings (SSSR count). The normalized spacial score (nSPS) is 11.9. The van der Waals surface area contributed by atoms with Crippen LogP contribution in [0.1, 0.15) is 0 Å². The monoisotopic (exact) mass is 808 g/mol. The first-order valence-corrected chi connectivity index (χ1v) is 21.9. The van der Waals surface area contributed by atoms with E-state index in [0.29, 0.717) is 0 Å². The van der Waals surface area contributed by atoms with Gasteiger partial charge in [0.05, 0.1) is 33.5 Å². The summed E-state index contributed by atoms with van der Waals surface area (Å²) in [6.45, 7) is 0. The lowest BCUT2D eigenvalue weighted by Crippen LogP contribution is -2.11. The van der Waals surface area contributed by atoms with Crippen molar-refractivity contribution >= 4 is 103 Å². The third kappa shape index (κ3) is 5.24. The number of benzene rings is 10. The summed E-state index contributed by atoms with van der Waals surface area (Å²) >= 11 is 1.86. The Bertz CT molecular complexity index is 3830. The van der Waals surface area contributed by atoms with Crippen LogP contribution in [0.2, 0.25) is 0 Å². The van der Waals surface area contributed by atoms with Gasteiger partial charge in [0.25, 0.3) is 0 Å². The van der Waals surface area contributed by atoms with Crippen molar-refractivity contribution in [1.82, 2.24) is 4.57 Å². The summed E-state index contributed by atoms with van der Waals surface area (Å²) in [5, 5.41) is 9.53. The van der Waals surface area contributed by atoms with E-state index in [0.717, 1.165) is 66.6 Å². The lowest BCUT2D eigenvalue weighted by atomic mass is 9.96. The minimum atomic E-state index is 0.860. The molecule has 3 heterocycles. The molecule has 3 nitrogen and oxygen atoms in total. The van der Waals surface area contributed by atoms with Gasteiger partial charge in [-0.2, -0.15) is 0 Å². The molecule has 0 N–H and O–H groups in total. The van der Waals surface area contributed by atoms with Crippen LogP contribution in [0.4, 0.5) is 17.1 Å². The molecule has 0 aliphatic carbocycles. The molecule has 62 heavy (non-hydrogen) atoms. The molecule has 0 fully saturated rings. The van der Waals surface area contributed by atoms with Crippen LogP contribution >= 0.6 is 11.3 Å². The number of thiophene rings is 1. The van der Waals surface area contributed by atoms with Crippen LogP contribution in [0.3, 0.4) is 0 Å². The lowest BCUT2D eigenvalue weighted by molar-refractivity contribution is 0.672. The molecule has 4 heteroatoms. The predicted octanol–water partition coefficient (Wildman–Crippen LogP) is 17.0. The zero-order chi connectivity index (χ0) is 40.7. The van der Waals surface area contributed by atoms with Crippen molar-refractivity contribution in [3.8, 4) is 27.9 Å². The van der Waals surface area contributed by atoms with Gasteiger partial charge in [-0.15, -0.1) is 11.3 Å². The molecule has 0 atom stereocenters. The molecule has 0 unspecified atom stereocenters. The first-order valence-electron chi connectivity index (χ1n) is 21.1. The van der Waals surface area contributed by atoms with E-state index >= 15 is 0 Å². The molecule has 0 aliphatic rings. The molecule has 0 radical (unpaired) electrons. The number of furan rings is 1. The second-order valence-corrected chi connectivity index (χ2v) is 17.1. The van der Waals surface area contributed by atoms with Gasteiger partial charge in [0.1, 0.15) is 11.2 Å². The third-order valence-electron chi connectivity index (χ3n) is 12.6. The number of hydrogen-bond donors (Lipinski definition) is 0. The number of fused-ring (bicyclic) bond motifs is 11. The highest BCUT2D eigenvalue weighted by Crippen LogP contribution is 2.49. The standard InChI is InChI=1S/C58H36N2OS/c1-2-17-41-37(15-1)33-36-47-57-52(27-14-28-53(57)61-58(41)47)59(49-24-9-6-20-44(49)45-22-13-30-55-56(45)46-21-7-12-29-54(46)62-55)39-34-31-38(32-35-39)40-16-3-8-23-48(40)60-50-25-10-4-18-42(50)43-19-5-11-26-51(43)60/h1-36H. The number of aromatic nitrogens is 1. The Kier molecular flexibility index (Phi) is 7.78. The molecule has 0 aliphatic heterocycles. The maximum absolute atomic E-state index is 6.80. The van der Waals surface area contributed by atoms with Crippen molar-refractivity contribution in [1.29, 1.82) is 0 Å². The van der Waals surface area contributed by atoms with Gasteiger partial charge in [-0.05, 0) is 83.2 Å². The average molecular weight is 809 g/mol. The van der Waals surface area contributed by atoms with Crippen LogP contribution in [-0.2, 0) is 0 Å². The Morgan fingerprint density at radius 1 is 0.387 bits per heavy atom. The highest BCUT2D eigenvalue weighted by atomic mass is 32.1. The largest absolute Gasteiger partial charge is 0.455 e. The van der Waals surface area contributed by atoms with Crippen molar-refractivity contribution in [3.63, 3.8) is 0 Å². The number of nitrogens with zero attached hydrogens (tertiary/aromatic N) is 2. The molecule has 0 spiro atoms. The fourth-order valence-electron chi connectivity index (χ4n) is 9.91. The first kappa shape index (κ1) is 34.9. The van der Waals surface area contributed by atoms with E-state index in [1.807, 2.05) is 11.3 Å². The van der Waals surface area contributed by atoms with E-state index in [9.17, 15) is 0 Å². The van der Waals surface area contributed by atoms with Gasteiger partial charge < -0.3 is 13.9 Å². The van der Waals surface area contributed by atoms with Crippen LogP contribution < -0.4 is 4.90 Å². The van der Waals surface area contributed by atoms with E-state index in [1.165, 1.54) is 53.1 Å². The minimum Gasteiger partial charge on any atom is -0.455 e. The molecule has 0 saturated heterocycles. The summed E-state index contributed by atoms with van der Waals surface area (Å²) in [5.41, 5.74) is 13.2. The van der Waals surface area contributed by atoms with Gasteiger partial charge >= 0.3 is 0 Å². The SMILES string of the molecule is c1ccc(N(c2ccc(-c3ccccc3-n3c4ccccc4c4ccccc43)cc2)c2cccc3oc4c5ccccc5ccc4c23)c(-c2cccc3sc4ccccc4c23)c1. The highest BCUT2D eigenvalue weighted by molar-refractivity contribution is 7.25. The highest BCUT2D eigenvalue weighted by Gasteiger charge is 2.24. The summed E-state index contributed by atoms with van der Waals surface area (Å²) < 4.78 is 11.8. The molecule has 3 aromatic heterocycles. The number of para-hydroxylation sites is 4. The lowest BCUT2D eigenvalue weighted by Gasteiger charge is -2.29. The molecular weight excluding hydrogens is 773 g/mol. The van der Waals surface area contributed by atoms with Gasteiger partial charge in [-0.25, -0.2) is 0 Å². The second-order valence-electron chi connectivity index (χ2n) is 16.0. The van der Waals surface area contributed by atoms with Crippen LogP contribution in [0.25, 0.3) is 103 Å². The number of anilines is 3. The maximum Gasteiger partial charge on any atom is 0.143 e. The number of rotatable bonds is 6.